The van der Waals surface area contributed by atoms with Crippen LogP contribution in [0.1, 0.15) is 40.0 Å². The molecule has 1 fully saturated rings. The Bertz CT molecular complexity index is 792. The lowest BCUT2D eigenvalue weighted by Gasteiger charge is -2.50. The SMILES string of the molecule is [B]/C(C)=C(F)/C=C(\C)NC(=C)C1=C(N)C2(C)CCCN2N(CCC(=C)F)C1=C. The van der Waals surface area contributed by atoms with Crippen molar-refractivity contribution in [3.8, 4) is 0 Å². The minimum atomic E-state index is -0.515. The van der Waals surface area contributed by atoms with Gasteiger partial charge in [0.1, 0.15) is 13.7 Å². The van der Waals surface area contributed by atoms with Crippen LogP contribution in [0.5, 0.6) is 0 Å². The van der Waals surface area contributed by atoms with Crippen LogP contribution in [0.2, 0.25) is 0 Å². The summed E-state index contributed by atoms with van der Waals surface area (Å²) in [6.07, 6.45) is 3.34. The van der Waals surface area contributed by atoms with E-state index in [1.54, 1.807) is 6.92 Å². The van der Waals surface area contributed by atoms with E-state index >= 15 is 0 Å². The highest BCUT2D eigenvalue weighted by molar-refractivity contribution is 6.21. The molecule has 0 aliphatic carbocycles. The zero-order valence-corrected chi connectivity index (χ0v) is 17.0. The molecule has 0 aromatic carbocycles. The molecule has 0 aromatic rings. The Hall–Kier alpha value is -2.28. The summed E-state index contributed by atoms with van der Waals surface area (Å²) < 4.78 is 27.1. The fraction of sp³-hybridized carbons (Fsp3) is 0.429. The first kappa shape index (κ1) is 22.0. The van der Waals surface area contributed by atoms with Gasteiger partial charge in [-0.2, -0.15) is 0 Å². The van der Waals surface area contributed by atoms with Crippen LogP contribution < -0.4 is 11.1 Å². The molecule has 1 atom stereocenters. The first-order valence-electron chi connectivity index (χ1n) is 9.33. The third kappa shape index (κ3) is 4.24. The highest BCUT2D eigenvalue weighted by Gasteiger charge is 2.48. The molecule has 1 unspecified atom stereocenters. The summed E-state index contributed by atoms with van der Waals surface area (Å²) in [5.41, 5.74) is 9.26. The summed E-state index contributed by atoms with van der Waals surface area (Å²) in [7, 11) is 5.47. The molecule has 0 saturated carbocycles. The van der Waals surface area contributed by atoms with Crippen LogP contribution in [0, 0.1) is 0 Å². The number of rotatable bonds is 7. The minimum Gasteiger partial charge on any atom is -0.400 e. The van der Waals surface area contributed by atoms with Crippen molar-refractivity contribution in [1.29, 1.82) is 0 Å². The van der Waals surface area contributed by atoms with Gasteiger partial charge in [-0.3, -0.25) is 0 Å². The van der Waals surface area contributed by atoms with E-state index in [0.717, 1.165) is 19.4 Å². The molecule has 0 amide bonds. The van der Waals surface area contributed by atoms with Gasteiger partial charge in [-0.1, -0.05) is 32.1 Å². The maximum absolute atomic E-state index is 13.8. The van der Waals surface area contributed by atoms with E-state index in [1.165, 1.54) is 13.0 Å². The number of allylic oxidation sites excluding steroid dienone is 4. The maximum Gasteiger partial charge on any atom is 0.113 e. The van der Waals surface area contributed by atoms with Crippen LogP contribution in [-0.4, -0.2) is 36.5 Å². The quantitative estimate of drug-likeness (QED) is 0.512. The number of nitrogens with one attached hydrogen (secondary N) is 1. The molecule has 2 rings (SSSR count). The molecule has 7 heteroatoms. The predicted molar refractivity (Wildman–Crippen MR) is 112 cm³/mol. The summed E-state index contributed by atoms with van der Waals surface area (Å²) in [4.78, 5) is 0. The molecule has 28 heavy (non-hydrogen) atoms. The molecule has 2 aliphatic rings. The largest absolute Gasteiger partial charge is 0.400 e. The van der Waals surface area contributed by atoms with E-state index < -0.39 is 11.4 Å². The second-order valence-electron chi connectivity index (χ2n) is 7.59. The number of hydrogen-bond acceptors (Lipinski definition) is 4. The zero-order chi connectivity index (χ0) is 21.2. The van der Waals surface area contributed by atoms with Crippen molar-refractivity contribution in [3.05, 3.63) is 71.3 Å². The van der Waals surface area contributed by atoms with Crippen LogP contribution in [0.15, 0.2) is 71.3 Å². The Labute approximate surface area is 168 Å². The molecule has 0 aromatic heterocycles. The third-order valence-electron chi connectivity index (χ3n) is 5.31. The van der Waals surface area contributed by atoms with Gasteiger partial charge in [0.2, 0.25) is 0 Å². The smallest absolute Gasteiger partial charge is 0.113 e. The van der Waals surface area contributed by atoms with Crippen LogP contribution in [0.25, 0.3) is 0 Å². The van der Waals surface area contributed by atoms with Crippen molar-refractivity contribution in [2.75, 3.05) is 13.1 Å². The zero-order valence-electron chi connectivity index (χ0n) is 17.0. The molecule has 4 nitrogen and oxygen atoms in total. The van der Waals surface area contributed by atoms with Crippen molar-refractivity contribution in [2.45, 2.75) is 45.6 Å². The lowest BCUT2D eigenvalue weighted by Crippen LogP contribution is -2.58. The van der Waals surface area contributed by atoms with Crippen molar-refractivity contribution in [1.82, 2.24) is 15.3 Å². The summed E-state index contributed by atoms with van der Waals surface area (Å²) in [5, 5.41) is 7.18. The minimum absolute atomic E-state index is 0.0966. The monoisotopic (exact) mass is 386 g/mol. The Morgan fingerprint density at radius 2 is 2.00 bits per heavy atom. The van der Waals surface area contributed by atoms with Gasteiger partial charge in [0.15, 0.2) is 0 Å². The molecule has 2 radical (unpaired) electrons. The van der Waals surface area contributed by atoms with Crippen molar-refractivity contribution in [3.63, 3.8) is 0 Å². The Kier molecular flexibility index (Phi) is 6.60. The Balaban J connectivity index is 2.37. The van der Waals surface area contributed by atoms with Gasteiger partial charge >= 0.3 is 0 Å². The highest BCUT2D eigenvalue weighted by atomic mass is 19.1. The second kappa shape index (κ2) is 8.39. The van der Waals surface area contributed by atoms with Gasteiger partial charge < -0.3 is 16.1 Å². The molecule has 2 heterocycles. The topological polar surface area (TPSA) is 44.5 Å². The van der Waals surface area contributed by atoms with Gasteiger partial charge in [-0.25, -0.2) is 13.8 Å². The molecule has 3 N–H and O–H groups in total. The molecule has 0 spiro atoms. The van der Waals surface area contributed by atoms with E-state index in [2.05, 4.69) is 37.0 Å². The predicted octanol–water partition coefficient (Wildman–Crippen LogP) is 4.05. The van der Waals surface area contributed by atoms with Crippen LogP contribution in [-0.2, 0) is 0 Å². The number of hydrazine groups is 1. The average molecular weight is 386 g/mol. The van der Waals surface area contributed by atoms with Gasteiger partial charge in [-0.05, 0) is 32.8 Å². The molecular weight excluding hydrogens is 357 g/mol. The van der Waals surface area contributed by atoms with E-state index in [4.69, 9.17) is 13.6 Å². The number of fused-ring (bicyclic) bond motifs is 1. The van der Waals surface area contributed by atoms with E-state index in [-0.39, 0.29) is 17.7 Å². The highest BCUT2D eigenvalue weighted by Crippen LogP contribution is 2.44. The van der Waals surface area contributed by atoms with E-state index in [9.17, 15) is 8.78 Å². The Morgan fingerprint density at radius 1 is 1.36 bits per heavy atom. The van der Waals surface area contributed by atoms with E-state index in [0.29, 0.717) is 34.9 Å². The third-order valence-corrected chi connectivity index (χ3v) is 5.31. The first-order chi connectivity index (χ1) is 13.0. The maximum atomic E-state index is 13.8. The Morgan fingerprint density at radius 3 is 2.57 bits per heavy atom. The normalized spacial score (nSPS) is 24.2. The van der Waals surface area contributed by atoms with Gasteiger partial charge in [-0.15, -0.1) is 0 Å². The number of nitrogens with two attached hydrogens (primary N) is 1. The average Bonchev–Trinajstić information content (AvgIpc) is 2.97. The van der Waals surface area contributed by atoms with Crippen molar-refractivity contribution >= 4 is 7.85 Å². The van der Waals surface area contributed by atoms with Crippen LogP contribution >= 0.6 is 0 Å². The summed E-state index contributed by atoms with van der Waals surface area (Å²) >= 11 is 0. The summed E-state index contributed by atoms with van der Waals surface area (Å²) in [5.74, 6) is -0.896. The van der Waals surface area contributed by atoms with Crippen LogP contribution in [0.3, 0.4) is 0 Å². The molecule has 0 bridgehead atoms. The second-order valence-corrected chi connectivity index (χ2v) is 7.59. The van der Waals surface area contributed by atoms with Crippen molar-refractivity contribution in [2.24, 2.45) is 5.73 Å². The lowest BCUT2D eigenvalue weighted by molar-refractivity contribution is -0.0423. The van der Waals surface area contributed by atoms with Crippen LogP contribution in [0.4, 0.5) is 8.78 Å². The molecule has 2 aliphatic heterocycles. The molecule has 150 valence electrons. The standard InChI is InChI=1S/C21H29BF2N4/c1-13(23)8-11-27-17(5)19(20(25)21(6)9-7-10-28(21)27)16(4)26-14(2)12-18(24)15(3)22/h12,26H,1,4-5,7-11,25H2,2-3,6H3/b14-12+,18-15-. The molecule has 1 saturated heterocycles. The molecular formula is C21H29BF2N4. The van der Waals surface area contributed by atoms with Crippen molar-refractivity contribution < 1.29 is 8.78 Å². The van der Waals surface area contributed by atoms with Gasteiger partial charge in [0.05, 0.1) is 17.1 Å². The summed E-state index contributed by atoms with van der Waals surface area (Å²) in [6.45, 7) is 18.1. The number of nitrogens with zero attached hydrogens (tertiary/aromatic N) is 2. The van der Waals surface area contributed by atoms with Gasteiger partial charge in [0, 0.05) is 42.2 Å². The first-order valence-corrected chi connectivity index (χ1v) is 9.33. The fourth-order valence-electron chi connectivity index (χ4n) is 3.77. The lowest BCUT2D eigenvalue weighted by atomic mass is 9.87. The number of halogens is 2. The number of hydrogen-bond donors (Lipinski definition) is 2. The fourth-order valence-corrected chi connectivity index (χ4v) is 3.77. The summed E-state index contributed by atoms with van der Waals surface area (Å²) in [6, 6.07) is 0. The van der Waals surface area contributed by atoms with Gasteiger partial charge in [0.25, 0.3) is 0 Å². The van der Waals surface area contributed by atoms with E-state index in [1.807, 2.05) is 5.01 Å².